The van der Waals surface area contributed by atoms with E-state index < -0.39 is 0 Å². The molecule has 5 rings (SSSR count). The molecular formula is C24H30N4O3. The van der Waals surface area contributed by atoms with Gasteiger partial charge in [-0.05, 0) is 42.9 Å². The molecule has 3 atom stereocenters. The zero-order valence-electron chi connectivity index (χ0n) is 18.3. The first-order valence-corrected chi connectivity index (χ1v) is 11.3. The zero-order chi connectivity index (χ0) is 21.5. The lowest BCUT2D eigenvalue weighted by Crippen LogP contribution is -2.36. The molecule has 7 nitrogen and oxygen atoms in total. The van der Waals surface area contributed by atoms with Gasteiger partial charge in [0.1, 0.15) is 11.6 Å². The van der Waals surface area contributed by atoms with Gasteiger partial charge in [0, 0.05) is 50.1 Å². The van der Waals surface area contributed by atoms with Crippen molar-refractivity contribution in [3.8, 4) is 5.75 Å². The van der Waals surface area contributed by atoms with Crippen LogP contribution in [0.4, 0.5) is 0 Å². The van der Waals surface area contributed by atoms with E-state index in [4.69, 9.17) is 9.72 Å². The molecule has 2 aliphatic heterocycles. The fourth-order valence-electron chi connectivity index (χ4n) is 4.91. The second-order valence-corrected chi connectivity index (χ2v) is 9.27. The highest BCUT2D eigenvalue weighted by molar-refractivity contribution is 5.81. The van der Waals surface area contributed by atoms with Crippen molar-refractivity contribution >= 4 is 5.91 Å². The normalized spacial score (nSPS) is 25.4. The van der Waals surface area contributed by atoms with Crippen LogP contribution in [0.1, 0.15) is 48.3 Å². The molecule has 1 aromatic carbocycles. The zero-order valence-corrected chi connectivity index (χ0v) is 18.3. The summed E-state index contributed by atoms with van der Waals surface area (Å²) in [5.41, 5.74) is 2.91. The van der Waals surface area contributed by atoms with Crippen molar-refractivity contribution in [3.63, 3.8) is 0 Å². The van der Waals surface area contributed by atoms with E-state index in [0.717, 1.165) is 55.3 Å². The molecule has 0 radical (unpaired) electrons. The van der Waals surface area contributed by atoms with Crippen molar-refractivity contribution in [2.75, 3.05) is 26.7 Å². The molecule has 7 heteroatoms. The van der Waals surface area contributed by atoms with Gasteiger partial charge in [0.2, 0.25) is 5.91 Å². The van der Waals surface area contributed by atoms with E-state index in [2.05, 4.69) is 28.9 Å². The summed E-state index contributed by atoms with van der Waals surface area (Å²) < 4.78 is 5.24. The van der Waals surface area contributed by atoms with Gasteiger partial charge in [0.25, 0.3) is 5.56 Å². The quantitative estimate of drug-likeness (QED) is 0.800. The van der Waals surface area contributed by atoms with E-state index in [1.807, 2.05) is 17.0 Å². The van der Waals surface area contributed by atoms with Crippen molar-refractivity contribution in [1.82, 2.24) is 19.8 Å². The summed E-state index contributed by atoms with van der Waals surface area (Å²) in [6, 6.07) is 8.11. The molecule has 2 fully saturated rings. The van der Waals surface area contributed by atoms with Gasteiger partial charge < -0.3 is 14.6 Å². The molecule has 31 heavy (non-hydrogen) atoms. The molecule has 1 aromatic heterocycles. The minimum Gasteiger partial charge on any atom is -0.497 e. The van der Waals surface area contributed by atoms with Crippen LogP contribution in [0, 0.1) is 11.8 Å². The molecule has 1 saturated heterocycles. The molecule has 0 bridgehead atoms. The van der Waals surface area contributed by atoms with Crippen LogP contribution in [0.3, 0.4) is 0 Å². The molecular weight excluding hydrogens is 392 g/mol. The fourth-order valence-corrected chi connectivity index (χ4v) is 4.91. The van der Waals surface area contributed by atoms with Gasteiger partial charge in [-0.1, -0.05) is 19.1 Å². The van der Waals surface area contributed by atoms with Crippen molar-refractivity contribution in [1.29, 1.82) is 0 Å². The number of benzene rings is 1. The second kappa shape index (κ2) is 8.11. The number of fused-ring (bicyclic) bond motifs is 1. The van der Waals surface area contributed by atoms with E-state index in [9.17, 15) is 9.59 Å². The van der Waals surface area contributed by atoms with Crippen molar-refractivity contribution in [3.05, 3.63) is 57.3 Å². The first-order valence-electron chi connectivity index (χ1n) is 11.3. The minimum absolute atomic E-state index is 0.00955. The van der Waals surface area contributed by atoms with Gasteiger partial charge >= 0.3 is 0 Å². The highest BCUT2D eigenvalue weighted by Crippen LogP contribution is 2.40. The Kier molecular flexibility index (Phi) is 5.30. The van der Waals surface area contributed by atoms with Crippen LogP contribution in [0.15, 0.2) is 29.1 Å². The van der Waals surface area contributed by atoms with E-state index >= 15 is 0 Å². The molecule has 164 valence electrons. The topological polar surface area (TPSA) is 78.5 Å². The highest BCUT2D eigenvalue weighted by atomic mass is 16.5. The Morgan fingerprint density at radius 2 is 2.03 bits per heavy atom. The van der Waals surface area contributed by atoms with E-state index in [1.54, 1.807) is 7.11 Å². The van der Waals surface area contributed by atoms with Crippen LogP contribution < -0.4 is 10.3 Å². The lowest BCUT2D eigenvalue weighted by atomic mass is 10.0. The highest BCUT2D eigenvalue weighted by Gasteiger charge is 2.43. The monoisotopic (exact) mass is 422 g/mol. The Morgan fingerprint density at radius 1 is 1.26 bits per heavy atom. The van der Waals surface area contributed by atoms with Crippen molar-refractivity contribution in [2.45, 2.75) is 45.2 Å². The van der Waals surface area contributed by atoms with Crippen molar-refractivity contribution in [2.24, 2.45) is 11.8 Å². The van der Waals surface area contributed by atoms with E-state index in [1.165, 1.54) is 5.56 Å². The van der Waals surface area contributed by atoms with Gasteiger partial charge in [-0.3, -0.25) is 14.5 Å². The summed E-state index contributed by atoms with van der Waals surface area (Å²) in [5, 5.41) is 0. The summed E-state index contributed by atoms with van der Waals surface area (Å²) in [6.07, 6.45) is 2.59. The fraction of sp³-hybridized carbons (Fsp3) is 0.542. The molecule has 2 aromatic rings. The number of carbonyl (C=O) groups is 1. The summed E-state index contributed by atoms with van der Waals surface area (Å²) in [6.45, 7) is 5.90. The standard InChI is InChI=1S/C24H30N4O3/c1-15-11-20(15)24(30)28-10-7-17(13-28)22-25-21-14-27(9-8-19(21)23(29)26-22)12-16-3-5-18(31-2)6-4-16/h3-6,15,17,20H,7-14H2,1-2H3,(H,25,26,29)/t15-,17+,20+/m1/s1. The third-order valence-electron chi connectivity index (χ3n) is 7.05. The number of amides is 1. The Labute approximate surface area is 182 Å². The molecule has 3 heterocycles. The number of rotatable bonds is 5. The number of aromatic nitrogens is 2. The summed E-state index contributed by atoms with van der Waals surface area (Å²) in [5.74, 6) is 2.72. The molecule has 0 spiro atoms. The predicted molar refractivity (Wildman–Crippen MR) is 117 cm³/mol. The van der Waals surface area contributed by atoms with Gasteiger partial charge in [0.05, 0.1) is 12.8 Å². The Hall–Kier alpha value is -2.67. The largest absolute Gasteiger partial charge is 0.497 e. The third-order valence-corrected chi connectivity index (χ3v) is 7.05. The van der Waals surface area contributed by atoms with Crippen molar-refractivity contribution < 1.29 is 9.53 Å². The molecule has 0 unspecified atom stereocenters. The van der Waals surface area contributed by atoms with Crippen LogP contribution in [-0.4, -0.2) is 52.4 Å². The van der Waals surface area contributed by atoms with Crippen LogP contribution in [0.2, 0.25) is 0 Å². The number of likely N-dealkylation sites (tertiary alicyclic amines) is 1. The number of nitrogens with zero attached hydrogens (tertiary/aromatic N) is 3. The van der Waals surface area contributed by atoms with Gasteiger partial charge in [0.15, 0.2) is 0 Å². The SMILES string of the molecule is COc1ccc(CN2CCc3c(nc([C@H]4CCN(C(=O)[C@H]5C[C@H]5C)C4)[nH]c3=O)C2)cc1. The van der Waals surface area contributed by atoms with Crippen LogP contribution >= 0.6 is 0 Å². The molecule has 1 aliphatic carbocycles. The number of methoxy groups -OCH3 is 1. The maximum atomic E-state index is 12.7. The lowest BCUT2D eigenvalue weighted by molar-refractivity contribution is -0.131. The number of hydrogen-bond acceptors (Lipinski definition) is 5. The Bertz CT molecular complexity index is 1030. The molecule has 1 saturated carbocycles. The first-order chi connectivity index (χ1) is 15.0. The summed E-state index contributed by atoms with van der Waals surface area (Å²) in [4.78, 5) is 37.5. The van der Waals surface area contributed by atoms with Gasteiger partial charge in [-0.25, -0.2) is 4.98 Å². The number of ether oxygens (including phenoxy) is 1. The minimum atomic E-state index is -0.00955. The number of carbonyl (C=O) groups excluding carboxylic acids is 1. The number of nitrogens with one attached hydrogen (secondary N) is 1. The average Bonchev–Trinajstić information content (AvgIpc) is 3.30. The van der Waals surface area contributed by atoms with E-state index in [0.29, 0.717) is 25.4 Å². The average molecular weight is 423 g/mol. The van der Waals surface area contributed by atoms with E-state index in [-0.39, 0.29) is 23.3 Å². The van der Waals surface area contributed by atoms with Crippen LogP contribution in [0.5, 0.6) is 5.75 Å². The molecule has 1 amide bonds. The Balaban J connectivity index is 1.28. The maximum Gasteiger partial charge on any atom is 0.254 e. The molecule has 1 N–H and O–H groups in total. The molecule has 3 aliphatic rings. The lowest BCUT2D eigenvalue weighted by Gasteiger charge is -2.28. The maximum absolute atomic E-state index is 12.7. The van der Waals surface area contributed by atoms with Crippen LogP contribution in [-0.2, 0) is 24.3 Å². The smallest absolute Gasteiger partial charge is 0.254 e. The van der Waals surface area contributed by atoms with Crippen LogP contribution in [0.25, 0.3) is 0 Å². The summed E-state index contributed by atoms with van der Waals surface area (Å²) >= 11 is 0. The predicted octanol–water partition coefficient (Wildman–Crippen LogP) is 2.31. The second-order valence-electron chi connectivity index (χ2n) is 9.27. The Morgan fingerprint density at radius 3 is 2.74 bits per heavy atom. The number of hydrogen-bond donors (Lipinski definition) is 1. The number of aromatic amines is 1. The van der Waals surface area contributed by atoms with Gasteiger partial charge in [-0.2, -0.15) is 0 Å². The third kappa shape index (κ3) is 4.11. The summed E-state index contributed by atoms with van der Waals surface area (Å²) in [7, 11) is 1.67. The number of H-pyrrole nitrogens is 1. The van der Waals surface area contributed by atoms with Gasteiger partial charge in [-0.15, -0.1) is 0 Å². The first kappa shape index (κ1) is 20.2.